The molecule has 0 saturated carbocycles. The molecule has 0 saturated heterocycles. The first-order valence-electron chi connectivity index (χ1n) is 18.7. The van der Waals surface area contributed by atoms with E-state index in [1.54, 1.807) is 0 Å². The van der Waals surface area contributed by atoms with Gasteiger partial charge >= 0.3 is 0 Å². The molecule has 11 aromatic rings. The number of fused-ring (bicyclic) bond motifs is 9. The van der Waals surface area contributed by atoms with Crippen LogP contribution in [0, 0.1) is 6.92 Å². The quantitative estimate of drug-likeness (QED) is 0.168. The first kappa shape index (κ1) is 31.2. The number of aryl methyl sites for hydroxylation is 1. The van der Waals surface area contributed by atoms with E-state index in [1.807, 2.05) is 24.4 Å². The average Bonchev–Trinajstić information content (AvgIpc) is 3.85. The molecule has 0 N–H and O–H groups in total. The van der Waals surface area contributed by atoms with Crippen molar-refractivity contribution in [2.45, 2.75) is 6.92 Å². The fourth-order valence-corrected chi connectivity index (χ4v) is 8.39. The summed E-state index contributed by atoms with van der Waals surface area (Å²) in [6.07, 6.45) is 1.96. The van der Waals surface area contributed by atoms with Crippen LogP contribution in [-0.4, -0.2) is 14.5 Å². The largest absolute Gasteiger partial charge is 0.455 e. The van der Waals surface area contributed by atoms with Gasteiger partial charge in [-0.15, -0.1) is 0 Å². The minimum Gasteiger partial charge on any atom is -0.455 e. The van der Waals surface area contributed by atoms with Crippen LogP contribution in [0.4, 0.5) is 0 Å². The van der Waals surface area contributed by atoms with Crippen molar-refractivity contribution < 1.29 is 4.42 Å². The molecule has 0 spiro atoms. The highest BCUT2D eigenvalue weighted by molar-refractivity contribution is 6.24. The van der Waals surface area contributed by atoms with E-state index in [9.17, 15) is 0 Å². The van der Waals surface area contributed by atoms with E-state index in [4.69, 9.17) is 14.4 Å². The SMILES string of the molecule is Cc1ccc(-c2nc3c4ccccc4c4ccccc4c3n2-c2cc(-c3ccccc3)ccc2-c2ccccc2)c2oc3cc(-c4ccccc4)ncc3c12. The fourth-order valence-electron chi connectivity index (χ4n) is 8.39. The van der Waals surface area contributed by atoms with Crippen LogP contribution >= 0.6 is 0 Å². The molecular weight excluding hydrogens is 671 g/mol. The van der Waals surface area contributed by atoms with Gasteiger partial charge in [-0.05, 0) is 52.1 Å². The zero-order valence-electron chi connectivity index (χ0n) is 30.1. The molecule has 0 aliphatic rings. The van der Waals surface area contributed by atoms with E-state index in [-0.39, 0.29) is 0 Å². The Hall–Kier alpha value is -7.30. The van der Waals surface area contributed by atoms with Crippen molar-refractivity contribution in [3.05, 3.63) is 188 Å². The van der Waals surface area contributed by atoms with Gasteiger partial charge in [0.25, 0.3) is 0 Å². The summed E-state index contributed by atoms with van der Waals surface area (Å²) in [6, 6.07) is 62.1. The van der Waals surface area contributed by atoms with Gasteiger partial charge in [-0.2, -0.15) is 0 Å². The van der Waals surface area contributed by atoms with Gasteiger partial charge in [0.2, 0.25) is 0 Å². The summed E-state index contributed by atoms with van der Waals surface area (Å²) in [7, 11) is 0. The summed E-state index contributed by atoms with van der Waals surface area (Å²) in [5.74, 6) is 0.819. The van der Waals surface area contributed by atoms with Gasteiger partial charge in [-0.1, -0.05) is 158 Å². The summed E-state index contributed by atoms with van der Waals surface area (Å²) in [5.41, 5.74) is 13.2. The maximum absolute atomic E-state index is 6.96. The van der Waals surface area contributed by atoms with Crippen LogP contribution in [0.25, 0.3) is 105 Å². The monoisotopic (exact) mass is 703 g/mol. The van der Waals surface area contributed by atoms with Gasteiger partial charge in [0.05, 0.1) is 28.0 Å². The second-order valence-corrected chi connectivity index (χ2v) is 14.2. The molecule has 0 amide bonds. The van der Waals surface area contributed by atoms with Gasteiger partial charge < -0.3 is 4.42 Å². The third-order valence-electron chi connectivity index (χ3n) is 11.0. The lowest BCUT2D eigenvalue weighted by Crippen LogP contribution is -2.02. The van der Waals surface area contributed by atoms with Crippen LogP contribution < -0.4 is 0 Å². The molecule has 3 aromatic heterocycles. The van der Waals surface area contributed by atoms with E-state index in [2.05, 4.69) is 169 Å². The Bertz CT molecular complexity index is 3250. The van der Waals surface area contributed by atoms with Crippen molar-refractivity contribution >= 4 is 54.5 Å². The van der Waals surface area contributed by atoms with Crippen LogP contribution in [0.15, 0.2) is 187 Å². The molecule has 0 unspecified atom stereocenters. The third kappa shape index (κ3) is 4.92. The Labute approximate surface area is 317 Å². The maximum atomic E-state index is 6.96. The molecule has 55 heavy (non-hydrogen) atoms. The molecule has 0 radical (unpaired) electrons. The number of aromatic nitrogens is 3. The van der Waals surface area contributed by atoms with Crippen LogP contribution in [0.3, 0.4) is 0 Å². The van der Waals surface area contributed by atoms with Crippen molar-refractivity contribution in [1.82, 2.24) is 14.5 Å². The maximum Gasteiger partial charge on any atom is 0.149 e. The van der Waals surface area contributed by atoms with Crippen LogP contribution in [-0.2, 0) is 0 Å². The smallest absolute Gasteiger partial charge is 0.149 e. The van der Waals surface area contributed by atoms with Crippen molar-refractivity contribution in [3.63, 3.8) is 0 Å². The summed E-state index contributed by atoms with van der Waals surface area (Å²) in [4.78, 5) is 10.6. The predicted molar refractivity (Wildman–Crippen MR) is 228 cm³/mol. The molecular formula is C51H33N3O. The van der Waals surface area contributed by atoms with Crippen molar-refractivity contribution in [2.24, 2.45) is 0 Å². The van der Waals surface area contributed by atoms with Crippen LogP contribution in [0.2, 0.25) is 0 Å². The third-order valence-corrected chi connectivity index (χ3v) is 11.0. The molecule has 4 nitrogen and oxygen atoms in total. The first-order chi connectivity index (χ1) is 27.2. The molecule has 0 fully saturated rings. The van der Waals surface area contributed by atoms with Crippen molar-refractivity contribution in [3.8, 4) is 50.6 Å². The second kappa shape index (κ2) is 12.4. The van der Waals surface area contributed by atoms with Crippen molar-refractivity contribution in [1.29, 1.82) is 0 Å². The zero-order chi connectivity index (χ0) is 36.5. The number of furan rings is 1. The Balaban J connectivity index is 1.30. The topological polar surface area (TPSA) is 43.9 Å². The summed E-state index contributed by atoms with van der Waals surface area (Å²) < 4.78 is 9.35. The highest BCUT2D eigenvalue weighted by atomic mass is 16.3. The standard InChI is InChI=1S/C51H33N3O/c1-32-25-27-42(50-47(32)43-31-52-44(30-46(43)55-50)35-19-9-4-10-20-35)51-53-48-40-23-13-11-21-38(40)39-22-12-14-24-41(39)49(48)54(51)45-29-36(33-15-5-2-6-16-33)26-28-37(45)34-17-7-3-8-18-34/h2-31H,1H3. The van der Waals surface area contributed by atoms with Gasteiger partial charge in [0.1, 0.15) is 17.0 Å². The highest BCUT2D eigenvalue weighted by Crippen LogP contribution is 2.45. The lowest BCUT2D eigenvalue weighted by Gasteiger charge is -2.18. The number of rotatable bonds is 5. The number of benzene rings is 8. The minimum atomic E-state index is 0.799. The molecule has 0 bridgehead atoms. The molecule has 4 heteroatoms. The predicted octanol–water partition coefficient (Wildman–Crippen LogP) is 13.6. The Morgan fingerprint density at radius 1 is 0.491 bits per heavy atom. The van der Waals surface area contributed by atoms with Crippen molar-refractivity contribution in [2.75, 3.05) is 0 Å². The van der Waals surface area contributed by atoms with E-state index in [0.29, 0.717) is 0 Å². The van der Waals surface area contributed by atoms with Gasteiger partial charge in [-0.3, -0.25) is 9.55 Å². The number of hydrogen-bond donors (Lipinski definition) is 0. The summed E-state index contributed by atoms with van der Waals surface area (Å²) >= 11 is 0. The number of hydrogen-bond acceptors (Lipinski definition) is 3. The molecule has 0 atom stereocenters. The number of pyridine rings is 1. The zero-order valence-corrected chi connectivity index (χ0v) is 30.1. The molecule has 8 aromatic carbocycles. The van der Waals surface area contributed by atoms with E-state index < -0.39 is 0 Å². The number of nitrogens with zero attached hydrogens (tertiary/aromatic N) is 3. The molecule has 258 valence electrons. The Morgan fingerprint density at radius 2 is 1.09 bits per heavy atom. The lowest BCUT2D eigenvalue weighted by molar-refractivity contribution is 0.669. The number of imidazole rings is 1. The second-order valence-electron chi connectivity index (χ2n) is 14.2. The molecule has 0 aliphatic carbocycles. The molecule has 11 rings (SSSR count). The molecule has 0 aliphatic heterocycles. The van der Waals surface area contributed by atoms with Gasteiger partial charge in [0, 0.05) is 44.9 Å². The summed E-state index contributed by atoms with van der Waals surface area (Å²) in [5, 5.41) is 6.67. The molecule has 3 heterocycles. The van der Waals surface area contributed by atoms with E-state index >= 15 is 0 Å². The first-order valence-corrected chi connectivity index (χ1v) is 18.7. The van der Waals surface area contributed by atoms with Gasteiger partial charge in [-0.25, -0.2) is 4.98 Å². The fraction of sp³-hybridized carbons (Fsp3) is 0.0196. The van der Waals surface area contributed by atoms with Crippen LogP contribution in [0.5, 0.6) is 0 Å². The lowest BCUT2D eigenvalue weighted by atomic mass is 9.96. The Kier molecular flexibility index (Phi) is 7.04. The van der Waals surface area contributed by atoms with E-state index in [0.717, 1.165) is 99.9 Å². The van der Waals surface area contributed by atoms with Gasteiger partial charge in [0.15, 0.2) is 0 Å². The average molecular weight is 704 g/mol. The summed E-state index contributed by atoms with van der Waals surface area (Å²) in [6.45, 7) is 2.15. The van der Waals surface area contributed by atoms with E-state index in [1.165, 1.54) is 10.8 Å². The minimum absolute atomic E-state index is 0.799. The normalized spacial score (nSPS) is 11.7. The van der Waals surface area contributed by atoms with Crippen LogP contribution in [0.1, 0.15) is 5.56 Å². The highest BCUT2D eigenvalue weighted by Gasteiger charge is 2.26. The Morgan fingerprint density at radius 3 is 1.82 bits per heavy atom.